The molecule has 0 aliphatic rings. The van der Waals surface area contributed by atoms with Crippen molar-refractivity contribution in [2.75, 3.05) is 0 Å². The molecule has 0 radical (unpaired) electrons. The zero-order chi connectivity index (χ0) is 35.8. The van der Waals surface area contributed by atoms with Crippen molar-refractivity contribution in [3.8, 4) is 67.3 Å². The summed E-state index contributed by atoms with van der Waals surface area (Å²) in [5.74, 6) is 0.701. The van der Waals surface area contributed by atoms with Gasteiger partial charge in [-0.15, -0.1) is 0 Å². The van der Waals surface area contributed by atoms with Crippen LogP contribution < -0.4 is 0 Å². The van der Waals surface area contributed by atoms with Crippen molar-refractivity contribution in [1.82, 2.24) is 9.97 Å². The summed E-state index contributed by atoms with van der Waals surface area (Å²) in [6.07, 6.45) is 0. The first-order chi connectivity index (χ1) is 26.7. The molecule has 54 heavy (non-hydrogen) atoms. The number of nitrogens with zero attached hydrogens (tertiary/aromatic N) is 2. The summed E-state index contributed by atoms with van der Waals surface area (Å²) in [7, 11) is 0. The van der Waals surface area contributed by atoms with Gasteiger partial charge in [0.1, 0.15) is 0 Å². The van der Waals surface area contributed by atoms with Crippen LogP contribution in [0.1, 0.15) is 0 Å². The van der Waals surface area contributed by atoms with Crippen LogP contribution in [0.3, 0.4) is 0 Å². The summed E-state index contributed by atoms with van der Waals surface area (Å²) in [6.45, 7) is 0. The van der Waals surface area contributed by atoms with Gasteiger partial charge in [-0.05, 0) is 83.9 Å². The van der Waals surface area contributed by atoms with Gasteiger partial charge in [-0.25, -0.2) is 9.97 Å². The molecule has 0 atom stereocenters. The minimum absolute atomic E-state index is 0.701. The van der Waals surface area contributed by atoms with Crippen LogP contribution >= 0.6 is 0 Å². The number of fused-ring (bicyclic) bond motifs is 4. The average molecular weight is 687 g/mol. The minimum Gasteiger partial charge on any atom is -0.228 e. The normalized spacial score (nSPS) is 11.3. The molecule has 0 fully saturated rings. The van der Waals surface area contributed by atoms with E-state index >= 15 is 0 Å². The van der Waals surface area contributed by atoms with E-state index in [2.05, 4.69) is 200 Å². The summed E-state index contributed by atoms with van der Waals surface area (Å²) >= 11 is 0. The molecule has 0 saturated carbocycles. The molecule has 10 rings (SSSR count). The molecule has 0 amide bonds. The third kappa shape index (κ3) is 5.90. The number of benzene rings is 9. The Morgan fingerprint density at radius 2 is 0.722 bits per heavy atom. The Balaban J connectivity index is 1.06. The number of hydrogen-bond donors (Lipinski definition) is 0. The van der Waals surface area contributed by atoms with Crippen molar-refractivity contribution in [3.05, 3.63) is 206 Å². The number of rotatable bonds is 6. The summed E-state index contributed by atoms with van der Waals surface area (Å²) in [5, 5.41) is 7.37. The zero-order valence-electron chi connectivity index (χ0n) is 29.5. The van der Waals surface area contributed by atoms with E-state index in [-0.39, 0.29) is 0 Å². The second kappa shape index (κ2) is 13.4. The molecule has 0 aliphatic heterocycles. The maximum atomic E-state index is 5.20. The minimum atomic E-state index is 0.701. The van der Waals surface area contributed by atoms with Crippen molar-refractivity contribution in [3.63, 3.8) is 0 Å². The fourth-order valence-electron chi connectivity index (χ4n) is 7.65. The summed E-state index contributed by atoms with van der Waals surface area (Å²) in [4.78, 5) is 10.4. The van der Waals surface area contributed by atoms with Gasteiger partial charge >= 0.3 is 0 Å². The molecule has 2 nitrogen and oxygen atoms in total. The monoisotopic (exact) mass is 686 g/mol. The highest BCUT2D eigenvalue weighted by Gasteiger charge is 2.14. The molecule has 0 saturated heterocycles. The second-order valence-corrected chi connectivity index (χ2v) is 13.8. The van der Waals surface area contributed by atoms with Crippen molar-refractivity contribution >= 4 is 32.3 Å². The van der Waals surface area contributed by atoms with Crippen molar-refractivity contribution in [2.45, 2.75) is 0 Å². The van der Waals surface area contributed by atoms with Gasteiger partial charge in [0.05, 0.1) is 11.4 Å². The highest BCUT2D eigenvalue weighted by molar-refractivity contribution is 6.09. The largest absolute Gasteiger partial charge is 0.228 e. The lowest BCUT2D eigenvalue weighted by Gasteiger charge is -2.12. The highest BCUT2D eigenvalue weighted by Crippen LogP contribution is 2.35. The van der Waals surface area contributed by atoms with Gasteiger partial charge in [-0.1, -0.05) is 188 Å². The van der Waals surface area contributed by atoms with Crippen molar-refractivity contribution in [2.24, 2.45) is 0 Å². The first kappa shape index (κ1) is 31.6. The SMILES string of the molecule is c1ccc(-c2ccc(-c3nc(-c4ccc(-c5cccc6ccccc56)cc4)cc(-c4ccc5c(ccc6cc(-c7ccccc7)ccc65)c4)n3)cc2)cc1. The Hall–Kier alpha value is -7.16. The molecule has 9 aromatic carbocycles. The molecule has 252 valence electrons. The molecule has 0 spiro atoms. The van der Waals surface area contributed by atoms with E-state index < -0.39 is 0 Å². The standard InChI is InChI=1S/C52H34N2/c1-3-10-35(11-4-1)37-18-24-41(25-19-37)52-53-50(40-22-20-39(21-23-40)47-17-9-15-38-14-7-8-16-46(38)47)34-51(54-52)45-29-31-49-44(33-45)27-26-43-32-42(28-30-48(43)49)36-12-5-2-6-13-36/h1-34H. The third-order valence-corrected chi connectivity index (χ3v) is 10.5. The summed E-state index contributed by atoms with van der Waals surface area (Å²) in [6, 6.07) is 73.5. The maximum absolute atomic E-state index is 5.20. The lowest BCUT2D eigenvalue weighted by molar-refractivity contribution is 1.18. The Morgan fingerprint density at radius 1 is 0.241 bits per heavy atom. The first-order valence-corrected chi connectivity index (χ1v) is 18.4. The van der Waals surface area contributed by atoms with Crippen LogP contribution in [0.4, 0.5) is 0 Å². The van der Waals surface area contributed by atoms with Crippen LogP contribution in [-0.2, 0) is 0 Å². The molecular formula is C52H34N2. The lowest BCUT2D eigenvalue weighted by Crippen LogP contribution is -1.96. The topological polar surface area (TPSA) is 25.8 Å². The van der Waals surface area contributed by atoms with E-state index in [4.69, 9.17) is 9.97 Å². The predicted octanol–water partition coefficient (Wildman–Crippen LogP) is 13.9. The van der Waals surface area contributed by atoms with Crippen LogP contribution in [0.2, 0.25) is 0 Å². The molecule has 1 heterocycles. The third-order valence-electron chi connectivity index (χ3n) is 10.5. The maximum Gasteiger partial charge on any atom is 0.160 e. The summed E-state index contributed by atoms with van der Waals surface area (Å²) < 4.78 is 0. The van der Waals surface area contributed by atoms with E-state index in [1.165, 1.54) is 60.1 Å². The van der Waals surface area contributed by atoms with E-state index in [0.717, 1.165) is 33.6 Å². The van der Waals surface area contributed by atoms with Crippen LogP contribution in [0, 0.1) is 0 Å². The van der Waals surface area contributed by atoms with E-state index in [9.17, 15) is 0 Å². The molecule has 0 unspecified atom stereocenters. The van der Waals surface area contributed by atoms with Crippen LogP contribution in [0.25, 0.3) is 99.6 Å². The fraction of sp³-hybridized carbons (Fsp3) is 0. The smallest absolute Gasteiger partial charge is 0.160 e. The first-order valence-electron chi connectivity index (χ1n) is 18.4. The van der Waals surface area contributed by atoms with E-state index in [0.29, 0.717) is 5.82 Å². The molecule has 10 aromatic rings. The van der Waals surface area contributed by atoms with Gasteiger partial charge in [0.2, 0.25) is 0 Å². The van der Waals surface area contributed by atoms with Crippen molar-refractivity contribution < 1.29 is 0 Å². The fourth-order valence-corrected chi connectivity index (χ4v) is 7.65. The van der Waals surface area contributed by atoms with Gasteiger partial charge in [0, 0.05) is 16.7 Å². The number of aromatic nitrogens is 2. The van der Waals surface area contributed by atoms with Gasteiger partial charge in [0.15, 0.2) is 5.82 Å². The predicted molar refractivity (Wildman–Crippen MR) is 227 cm³/mol. The van der Waals surface area contributed by atoms with Crippen LogP contribution in [-0.4, -0.2) is 9.97 Å². The quantitative estimate of drug-likeness (QED) is 0.163. The number of hydrogen-bond acceptors (Lipinski definition) is 2. The van der Waals surface area contributed by atoms with Gasteiger partial charge in [-0.2, -0.15) is 0 Å². The zero-order valence-corrected chi connectivity index (χ0v) is 29.5. The second-order valence-electron chi connectivity index (χ2n) is 13.8. The lowest BCUT2D eigenvalue weighted by atomic mass is 9.95. The molecule has 0 aliphatic carbocycles. The molecule has 0 N–H and O–H groups in total. The Labute approximate surface area is 314 Å². The Morgan fingerprint density at radius 3 is 1.43 bits per heavy atom. The van der Waals surface area contributed by atoms with Crippen molar-refractivity contribution in [1.29, 1.82) is 0 Å². The van der Waals surface area contributed by atoms with E-state index in [1.54, 1.807) is 0 Å². The average Bonchev–Trinajstić information content (AvgIpc) is 3.26. The summed E-state index contributed by atoms with van der Waals surface area (Å²) in [5.41, 5.74) is 12.1. The van der Waals surface area contributed by atoms with Gasteiger partial charge in [0.25, 0.3) is 0 Å². The van der Waals surface area contributed by atoms with Crippen LogP contribution in [0.5, 0.6) is 0 Å². The van der Waals surface area contributed by atoms with E-state index in [1.807, 2.05) is 6.07 Å². The molecule has 0 bridgehead atoms. The van der Waals surface area contributed by atoms with Crippen LogP contribution in [0.15, 0.2) is 206 Å². The Kier molecular flexibility index (Phi) is 7.85. The van der Waals surface area contributed by atoms with Gasteiger partial charge < -0.3 is 0 Å². The molecular weight excluding hydrogens is 653 g/mol. The van der Waals surface area contributed by atoms with Gasteiger partial charge in [-0.3, -0.25) is 0 Å². The Bertz CT molecular complexity index is 2940. The molecule has 2 heteroatoms. The highest BCUT2D eigenvalue weighted by atomic mass is 14.9. The molecule has 1 aromatic heterocycles.